The Bertz CT molecular complexity index is 810. The maximum atomic E-state index is 12.4. The fraction of sp³-hybridized carbons (Fsp3) is 0.118. The fourth-order valence-electron chi connectivity index (χ4n) is 2.36. The molecule has 1 aromatic heterocycles. The Labute approximate surface area is 128 Å². The molecular formula is C17H16ClNO2. The van der Waals surface area contributed by atoms with Crippen molar-refractivity contribution in [3.05, 3.63) is 70.4 Å². The maximum Gasteiger partial charge on any atom is 0.193 e. The first-order valence-electron chi connectivity index (χ1n) is 6.54. The Morgan fingerprint density at radius 1 is 1.05 bits per heavy atom. The summed E-state index contributed by atoms with van der Waals surface area (Å²) in [6.07, 6.45) is 0. The van der Waals surface area contributed by atoms with Crippen LogP contribution in [-0.2, 0) is 0 Å². The predicted octanol–water partition coefficient (Wildman–Crippen LogP) is 3.90. The van der Waals surface area contributed by atoms with Gasteiger partial charge in [0.1, 0.15) is 11.3 Å². The lowest BCUT2D eigenvalue weighted by atomic mass is 10.0. The van der Waals surface area contributed by atoms with E-state index in [0.29, 0.717) is 16.7 Å². The molecule has 0 saturated heterocycles. The molecule has 4 heteroatoms. The van der Waals surface area contributed by atoms with Gasteiger partial charge in [0.2, 0.25) is 0 Å². The summed E-state index contributed by atoms with van der Waals surface area (Å²) in [4.78, 5) is 12.4. The summed E-state index contributed by atoms with van der Waals surface area (Å²) in [5.41, 5.74) is 8.14. The van der Waals surface area contributed by atoms with Crippen LogP contribution in [0, 0.1) is 0 Å². The van der Waals surface area contributed by atoms with E-state index < -0.39 is 0 Å². The predicted molar refractivity (Wildman–Crippen MR) is 87.8 cm³/mol. The lowest BCUT2D eigenvalue weighted by Gasteiger charge is -2.09. The van der Waals surface area contributed by atoms with Crippen molar-refractivity contribution in [1.29, 1.82) is 0 Å². The number of fused-ring (bicyclic) bond motifs is 1. The van der Waals surface area contributed by atoms with Crippen molar-refractivity contribution in [3.63, 3.8) is 0 Å². The molecule has 3 aromatic rings. The van der Waals surface area contributed by atoms with Gasteiger partial charge in [0.05, 0.1) is 5.39 Å². The number of hydrogen-bond donors (Lipinski definition) is 1. The van der Waals surface area contributed by atoms with Gasteiger partial charge in [-0.3, -0.25) is 4.79 Å². The monoisotopic (exact) mass is 301 g/mol. The van der Waals surface area contributed by atoms with Crippen molar-refractivity contribution < 1.29 is 4.42 Å². The average molecular weight is 302 g/mol. The molecule has 2 aromatic carbocycles. The van der Waals surface area contributed by atoms with E-state index in [1.807, 2.05) is 49.4 Å². The van der Waals surface area contributed by atoms with Crippen LogP contribution in [0.2, 0.25) is 0 Å². The Morgan fingerprint density at radius 2 is 1.76 bits per heavy atom. The third kappa shape index (κ3) is 2.84. The molecule has 0 aliphatic heterocycles. The average Bonchev–Trinajstić information content (AvgIpc) is 2.47. The highest BCUT2D eigenvalue weighted by molar-refractivity contribution is 5.85. The van der Waals surface area contributed by atoms with Crippen molar-refractivity contribution in [2.75, 3.05) is 0 Å². The fourth-order valence-corrected chi connectivity index (χ4v) is 2.36. The molecule has 0 aliphatic rings. The Morgan fingerprint density at radius 3 is 2.43 bits per heavy atom. The van der Waals surface area contributed by atoms with Gasteiger partial charge in [0.25, 0.3) is 0 Å². The molecule has 0 radical (unpaired) electrons. The first-order valence-corrected chi connectivity index (χ1v) is 6.54. The normalized spacial score (nSPS) is 11.9. The van der Waals surface area contributed by atoms with Crippen LogP contribution in [-0.4, -0.2) is 0 Å². The molecule has 0 aliphatic carbocycles. The number of rotatable bonds is 2. The van der Waals surface area contributed by atoms with E-state index in [1.54, 1.807) is 6.07 Å². The van der Waals surface area contributed by atoms with Gasteiger partial charge in [0, 0.05) is 17.7 Å². The number of nitrogens with two attached hydrogens (primary N) is 1. The van der Waals surface area contributed by atoms with Crippen LogP contribution in [0.25, 0.3) is 22.3 Å². The number of halogens is 1. The zero-order valence-corrected chi connectivity index (χ0v) is 12.4. The molecule has 3 nitrogen and oxygen atoms in total. The summed E-state index contributed by atoms with van der Waals surface area (Å²) >= 11 is 0. The van der Waals surface area contributed by atoms with E-state index in [9.17, 15) is 4.79 Å². The van der Waals surface area contributed by atoms with E-state index in [2.05, 4.69) is 0 Å². The Hall–Kier alpha value is -2.10. The quantitative estimate of drug-likeness (QED) is 0.781. The molecule has 3 rings (SSSR count). The molecule has 1 unspecified atom stereocenters. The van der Waals surface area contributed by atoms with E-state index in [-0.39, 0.29) is 23.9 Å². The second-order valence-corrected chi connectivity index (χ2v) is 4.85. The lowest BCUT2D eigenvalue weighted by molar-refractivity contribution is 0.617. The number of benzene rings is 2. The molecule has 108 valence electrons. The molecule has 0 fully saturated rings. The summed E-state index contributed by atoms with van der Waals surface area (Å²) in [6.45, 7) is 1.86. The maximum absolute atomic E-state index is 12.4. The molecule has 21 heavy (non-hydrogen) atoms. The second-order valence-electron chi connectivity index (χ2n) is 4.85. The van der Waals surface area contributed by atoms with Crippen LogP contribution < -0.4 is 11.2 Å². The molecule has 0 amide bonds. The number of hydrogen-bond acceptors (Lipinski definition) is 3. The van der Waals surface area contributed by atoms with Gasteiger partial charge in [-0.05, 0) is 18.6 Å². The Balaban J connectivity index is 0.00000161. The van der Waals surface area contributed by atoms with Crippen LogP contribution in [0.4, 0.5) is 0 Å². The minimum absolute atomic E-state index is 0. The van der Waals surface area contributed by atoms with Gasteiger partial charge in [-0.1, -0.05) is 42.5 Å². The highest BCUT2D eigenvalue weighted by Gasteiger charge is 2.12. The second kappa shape index (κ2) is 6.12. The molecule has 2 N–H and O–H groups in total. The minimum Gasteiger partial charge on any atom is -0.456 e. The SMILES string of the molecule is CC(N)c1cccc2oc(-c3ccccc3)cc(=O)c12.Cl. The van der Waals surface area contributed by atoms with Crippen LogP contribution in [0.1, 0.15) is 18.5 Å². The van der Waals surface area contributed by atoms with Crippen LogP contribution >= 0.6 is 12.4 Å². The van der Waals surface area contributed by atoms with Crippen LogP contribution in [0.15, 0.2) is 63.8 Å². The van der Waals surface area contributed by atoms with Gasteiger partial charge in [-0.15, -0.1) is 12.4 Å². The lowest BCUT2D eigenvalue weighted by Crippen LogP contribution is -2.11. The first kappa shape index (κ1) is 15.3. The highest BCUT2D eigenvalue weighted by atomic mass is 35.5. The summed E-state index contributed by atoms with van der Waals surface area (Å²) in [7, 11) is 0. The summed E-state index contributed by atoms with van der Waals surface area (Å²) in [5.74, 6) is 0.574. The summed E-state index contributed by atoms with van der Waals surface area (Å²) < 4.78 is 5.86. The van der Waals surface area contributed by atoms with Crippen molar-refractivity contribution in [1.82, 2.24) is 0 Å². The zero-order chi connectivity index (χ0) is 14.1. The molecule has 1 heterocycles. The molecule has 0 spiro atoms. The highest BCUT2D eigenvalue weighted by Crippen LogP contribution is 2.25. The topological polar surface area (TPSA) is 56.2 Å². The Kier molecular flexibility index (Phi) is 4.46. The van der Waals surface area contributed by atoms with Crippen molar-refractivity contribution >= 4 is 23.4 Å². The molecule has 1 atom stereocenters. The van der Waals surface area contributed by atoms with Gasteiger partial charge >= 0.3 is 0 Å². The molecule has 0 bridgehead atoms. The molecular weight excluding hydrogens is 286 g/mol. The van der Waals surface area contributed by atoms with Gasteiger partial charge in [-0.2, -0.15) is 0 Å². The van der Waals surface area contributed by atoms with E-state index in [1.165, 1.54) is 6.07 Å². The third-order valence-electron chi connectivity index (χ3n) is 3.34. The zero-order valence-electron chi connectivity index (χ0n) is 11.6. The first-order chi connectivity index (χ1) is 9.66. The smallest absolute Gasteiger partial charge is 0.193 e. The summed E-state index contributed by atoms with van der Waals surface area (Å²) in [6, 6.07) is 16.4. The largest absolute Gasteiger partial charge is 0.456 e. The van der Waals surface area contributed by atoms with Gasteiger partial charge < -0.3 is 10.2 Å². The van der Waals surface area contributed by atoms with E-state index >= 15 is 0 Å². The standard InChI is InChI=1S/C17H15NO2.ClH/c1-11(18)13-8-5-9-15-17(13)14(19)10-16(20-15)12-6-3-2-4-7-12;/h2-11H,18H2,1H3;1H. The van der Waals surface area contributed by atoms with Crippen molar-refractivity contribution in [2.24, 2.45) is 5.73 Å². The van der Waals surface area contributed by atoms with Crippen LogP contribution in [0.5, 0.6) is 0 Å². The van der Waals surface area contributed by atoms with Crippen LogP contribution in [0.3, 0.4) is 0 Å². The van der Waals surface area contributed by atoms with Crippen molar-refractivity contribution in [3.8, 4) is 11.3 Å². The van der Waals surface area contributed by atoms with Gasteiger partial charge in [-0.25, -0.2) is 0 Å². The third-order valence-corrected chi connectivity index (χ3v) is 3.34. The van der Waals surface area contributed by atoms with Gasteiger partial charge in [0.15, 0.2) is 5.43 Å². The summed E-state index contributed by atoms with van der Waals surface area (Å²) in [5, 5.41) is 0.571. The van der Waals surface area contributed by atoms with Crippen molar-refractivity contribution in [2.45, 2.75) is 13.0 Å². The van der Waals surface area contributed by atoms with E-state index in [4.69, 9.17) is 10.2 Å². The van der Waals surface area contributed by atoms with E-state index in [0.717, 1.165) is 11.1 Å². The minimum atomic E-state index is -0.204. The molecule has 0 saturated carbocycles.